The Morgan fingerprint density at radius 1 is 1.33 bits per heavy atom. The highest BCUT2D eigenvalue weighted by atomic mass is 16.6. The molecule has 9 nitrogen and oxygen atoms in total. The zero-order valence-corrected chi connectivity index (χ0v) is 12.8. The van der Waals surface area contributed by atoms with Crippen LogP contribution in [-0.4, -0.2) is 43.1 Å². The molecule has 0 spiro atoms. The molecule has 3 rings (SSSR count). The number of nitrogens with zero attached hydrogens (tertiary/aromatic N) is 4. The summed E-state index contributed by atoms with van der Waals surface area (Å²) < 4.78 is 1.23. The number of aromatic nitrogens is 2. The number of carbonyl (C=O) groups is 2. The molecule has 2 heterocycles. The molecule has 2 aromatic rings. The average Bonchev–Trinajstić information content (AvgIpc) is 2.95. The Morgan fingerprint density at radius 3 is 2.75 bits per heavy atom. The van der Waals surface area contributed by atoms with Gasteiger partial charge in [0.15, 0.2) is 0 Å². The van der Waals surface area contributed by atoms with Crippen LogP contribution in [0.3, 0.4) is 0 Å². The number of nitro groups is 1. The van der Waals surface area contributed by atoms with Crippen molar-refractivity contribution in [3.05, 3.63) is 56.9 Å². The summed E-state index contributed by atoms with van der Waals surface area (Å²) in [6, 6.07) is 4.80. The lowest BCUT2D eigenvalue weighted by atomic mass is 9.97. The molecule has 0 fully saturated rings. The number of aromatic carboxylic acids is 1. The van der Waals surface area contributed by atoms with Gasteiger partial charge in [0.05, 0.1) is 10.5 Å². The molecule has 0 radical (unpaired) electrons. The van der Waals surface area contributed by atoms with Gasteiger partial charge in [0.2, 0.25) is 5.69 Å². The number of hydrogen-bond donors (Lipinski definition) is 1. The van der Waals surface area contributed by atoms with Crippen LogP contribution < -0.4 is 0 Å². The molecule has 1 amide bonds. The number of hydrogen-bond acceptors (Lipinski definition) is 5. The summed E-state index contributed by atoms with van der Waals surface area (Å²) in [4.78, 5) is 35.5. The van der Waals surface area contributed by atoms with Gasteiger partial charge in [-0.05, 0) is 29.7 Å². The fourth-order valence-corrected chi connectivity index (χ4v) is 2.78. The SMILES string of the molecule is Cn1cc([N+](=O)[O-])c(C(=O)N2CCc3ccc(C(=O)O)cc3C2)n1. The van der Waals surface area contributed by atoms with E-state index in [0.29, 0.717) is 13.0 Å². The predicted octanol–water partition coefficient (Wildman–Crippen LogP) is 1.23. The summed E-state index contributed by atoms with van der Waals surface area (Å²) in [5.41, 5.74) is 1.30. The minimum atomic E-state index is -1.04. The smallest absolute Gasteiger partial charge is 0.335 e. The summed E-state index contributed by atoms with van der Waals surface area (Å²) in [7, 11) is 1.51. The lowest BCUT2D eigenvalue weighted by molar-refractivity contribution is -0.385. The van der Waals surface area contributed by atoms with Crippen molar-refractivity contribution >= 4 is 17.6 Å². The predicted molar refractivity (Wildman–Crippen MR) is 81.7 cm³/mol. The van der Waals surface area contributed by atoms with E-state index in [1.165, 1.54) is 35.0 Å². The van der Waals surface area contributed by atoms with Gasteiger partial charge in [-0.25, -0.2) is 4.79 Å². The van der Waals surface area contributed by atoms with Crippen molar-refractivity contribution in [1.82, 2.24) is 14.7 Å². The van der Waals surface area contributed by atoms with Crippen LogP contribution in [-0.2, 0) is 20.0 Å². The average molecular weight is 330 g/mol. The molecule has 0 saturated carbocycles. The van der Waals surface area contributed by atoms with Gasteiger partial charge in [0, 0.05) is 20.1 Å². The maximum Gasteiger partial charge on any atom is 0.335 e. The quantitative estimate of drug-likeness (QED) is 0.668. The zero-order valence-electron chi connectivity index (χ0n) is 12.8. The van der Waals surface area contributed by atoms with E-state index in [1.54, 1.807) is 6.07 Å². The molecule has 1 aliphatic heterocycles. The molecular weight excluding hydrogens is 316 g/mol. The lowest BCUT2D eigenvalue weighted by Crippen LogP contribution is -2.36. The largest absolute Gasteiger partial charge is 0.478 e. The third-order valence-electron chi connectivity index (χ3n) is 3.96. The first-order valence-corrected chi connectivity index (χ1v) is 7.19. The maximum atomic E-state index is 12.6. The van der Waals surface area contributed by atoms with Crippen LogP contribution in [0.1, 0.15) is 32.0 Å². The van der Waals surface area contributed by atoms with Crippen molar-refractivity contribution < 1.29 is 19.6 Å². The second-order valence-electron chi connectivity index (χ2n) is 5.56. The molecule has 1 N–H and O–H groups in total. The van der Waals surface area contributed by atoms with E-state index in [9.17, 15) is 19.7 Å². The Balaban J connectivity index is 1.90. The maximum absolute atomic E-state index is 12.6. The Hall–Kier alpha value is -3.23. The number of rotatable bonds is 3. The Kier molecular flexibility index (Phi) is 3.76. The second-order valence-corrected chi connectivity index (χ2v) is 5.56. The van der Waals surface area contributed by atoms with Crippen LogP contribution in [0.25, 0.3) is 0 Å². The summed E-state index contributed by atoms with van der Waals surface area (Å²) in [6.07, 6.45) is 1.75. The number of benzene rings is 1. The molecular formula is C15H14N4O5. The molecule has 0 bridgehead atoms. The molecule has 9 heteroatoms. The number of carbonyl (C=O) groups excluding carboxylic acids is 1. The van der Waals surface area contributed by atoms with Gasteiger partial charge in [-0.15, -0.1) is 0 Å². The van der Waals surface area contributed by atoms with Crippen molar-refractivity contribution in [3.63, 3.8) is 0 Å². The number of carboxylic acid groups (broad SMARTS) is 1. The van der Waals surface area contributed by atoms with Crippen LogP contribution in [0.15, 0.2) is 24.4 Å². The summed E-state index contributed by atoms with van der Waals surface area (Å²) in [5.74, 6) is -1.57. The number of fused-ring (bicyclic) bond motifs is 1. The number of amides is 1. The first-order valence-electron chi connectivity index (χ1n) is 7.19. The minimum absolute atomic E-state index is 0.145. The van der Waals surface area contributed by atoms with Gasteiger partial charge in [0.1, 0.15) is 6.20 Å². The molecule has 0 unspecified atom stereocenters. The molecule has 0 aliphatic carbocycles. The third kappa shape index (κ3) is 2.71. The van der Waals surface area contributed by atoms with E-state index in [4.69, 9.17) is 5.11 Å². The van der Waals surface area contributed by atoms with E-state index >= 15 is 0 Å². The van der Waals surface area contributed by atoms with Gasteiger partial charge in [-0.2, -0.15) is 5.10 Å². The summed E-state index contributed by atoms with van der Waals surface area (Å²) in [5, 5.41) is 24.0. The standard InChI is InChI=1S/C15H14N4O5/c1-17-8-12(19(23)24)13(16-17)14(20)18-5-4-9-2-3-10(15(21)22)6-11(9)7-18/h2-3,6,8H,4-5,7H2,1H3,(H,21,22). The van der Waals surface area contributed by atoms with Crippen molar-refractivity contribution in [2.75, 3.05) is 6.54 Å². The van der Waals surface area contributed by atoms with Gasteiger partial charge >= 0.3 is 11.7 Å². The zero-order chi connectivity index (χ0) is 17.4. The fraction of sp³-hybridized carbons (Fsp3) is 0.267. The molecule has 1 aliphatic rings. The highest BCUT2D eigenvalue weighted by molar-refractivity contribution is 5.96. The third-order valence-corrected chi connectivity index (χ3v) is 3.96. The summed E-state index contributed by atoms with van der Waals surface area (Å²) in [6.45, 7) is 0.592. The van der Waals surface area contributed by atoms with E-state index in [2.05, 4.69) is 5.10 Å². The van der Waals surface area contributed by atoms with Crippen molar-refractivity contribution in [1.29, 1.82) is 0 Å². The van der Waals surface area contributed by atoms with E-state index < -0.39 is 16.8 Å². The van der Waals surface area contributed by atoms with E-state index in [-0.39, 0.29) is 23.5 Å². The summed E-state index contributed by atoms with van der Waals surface area (Å²) >= 11 is 0. The number of carboxylic acids is 1. The molecule has 1 aromatic heterocycles. The van der Waals surface area contributed by atoms with Crippen molar-refractivity contribution in [3.8, 4) is 0 Å². The number of aryl methyl sites for hydroxylation is 1. The van der Waals surface area contributed by atoms with Crippen LogP contribution in [0.4, 0.5) is 5.69 Å². The highest BCUT2D eigenvalue weighted by Crippen LogP contribution is 2.24. The molecule has 124 valence electrons. The van der Waals surface area contributed by atoms with Gasteiger partial charge in [-0.1, -0.05) is 6.07 Å². The Bertz CT molecular complexity index is 858. The monoisotopic (exact) mass is 330 g/mol. The van der Waals surface area contributed by atoms with Crippen LogP contribution in [0, 0.1) is 10.1 Å². The van der Waals surface area contributed by atoms with Crippen LogP contribution in [0.2, 0.25) is 0 Å². The molecule has 1 aromatic carbocycles. The molecule has 0 atom stereocenters. The fourth-order valence-electron chi connectivity index (χ4n) is 2.78. The highest BCUT2D eigenvalue weighted by Gasteiger charge is 2.30. The van der Waals surface area contributed by atoms with Gasteiger partial charge in [0.25, 0.3) is 5.91 Å². The van der Waals surface area contributed by atoms with Crippen molar-refractivity contribution in [2.24, 2.45) is 7.05 Å². The second kappa shape index (κ2) is 5.76. The van der Waals surface area contributed by atoms with Gasteiger partial charge < -0.3 is 10.0 Å². The van der Waals surface area contributed by atoms with E-state index in [1.807, 2.05) is 0 Å². The van der Waals surface area contributed by atoms with Crippen molar-refractivity contribution in [2.45, 2.75) is 13.0 Å². The minimum Gasteiger partial charge on any atom is -0.478 e. The van der Waals surface area contributed by atoms with Crippen LogP contribution in [0.5, 0.6) is 0 Å². The topological polar surface area (TPSA) is 119 Å². The van der Waals surface area contributed by atoms with Crippen LogP contribution >= 0.6 is 0 Å². The lowest BCUT2D eigenvalue weighted by Gasteiger charge is -2.28. The Morgan fingerprint density at radius 2 is 2.08 bits per heavy atom. The van der Waals surface area contributed by atoms with Gasteiger partial charge in [-0.3, -0.25) is 19.6 Å². The molecule has 24 heavy (non-hydrogen) atoms. The van der Waals surface area contributed by atoms with E-state index in [0.717, 1.165) is 11.1 Å². The molecule has 0 saturated heterocycles. The Labute approximate surface area is 136 Å². The first-order chi connectivity index (χ1) is 11.4. The first kappa shape index (κ1) is 15.7. The normalized spacial score (nSPS) is 13.5.